The summed E-state index contributed by atoms with van der Waals surface area (Å²) in [6.07, 6.45) is 6.73. The molecule has 0 spiro atoms. The van der Waals surface area contributed by atoms with E-state index in [1.165, 1.54) is 13.8 Å². The van der Waals surface area contributed by atoms with Crippen molar-refractivity contribution in [3.8, 4) is 0 Å². The lowest BCUT2D eigenvalue weighted by Crippen LogP contribution is -2.22. The predicted molar refractivity (Wildman–Crippen MR) is 323 cm³/mol. The molecule has 82 heavy (non-hydrogen) atoms. The third-order valence-electron chi connectivity index (χ3n) is 12.9. The first-order valence-electron chi connectivity index (χ1n) is 27.9. The van der Waals surface area contributed by atoms with Gasteiger partial charge in [-0.05, 0) is 64.4 Å². The molecule has 23 nitrogen and oxygen atoms in total. The van der Waals surface area contributed by atoms with E-state index in [4.69, 9.17) is 35.7 Å². The summed E-state index contributed by atoms with van der Waals surface area (Å²) in [6, 6.07) is 0. The fraction of sp³-hybridized carbons (Fsp3) is 0.833. The Labute approximate surface area is 487 Å². The third kappa shape index (κ3) is 53.4. The molecule has 0 aromatic carbocycles. The van der Waals surface area contributed by atoms with Crippen molar-refractivity contribution in [2.45, 2.75) is 154 Å². The molecule has 14 unspecified atom stereocenters. The van der Waals surface area contributed by atoms with Crippen LogP contribution in [0.3, 0.4) is 0 Å². The maximum atomic E-state index is 12.3. The molecular formula is C54H105O23P5. The van der Waals surface area contributed by atoms with Crippen LogP contribution in [0.5, 0.6) is 0 Å². The first-order valence-corrected chi connectivity index (χ1v) is 39.5. The molecule has 0 aromatic rings. The number of carboxylic acids is 7. The van der Waals surface area contributed by atoms with Gasteiger partial charge in [0.2, 0.25) is 14.7 Å². The van der Waals surface area contributed by atoms with Gasteiger partial charge in [0.15, 0.2) is 0 Å². The molecule has 484 valence electrons. The minimum atomic E-state index is -3.93. The Morgan fingerprint density at radius 2 is 0.622 bits per heavy atom. The van der Waals surface area contributed by atoms with Crippen LogP contribution in [0.25, 0.3) is 0 Å². The molecule has 0 aliphatic heterocycles. The van der Waals surface area contributed by atoms with Gasteiger partial charge in [0.25, 0.3) is 0 Å². The van der Waals surface area contributed by atoms with Crippen molar-refractivity contribution in [3.05, 3.63) is 0 Å². The lowest BCUT2D eigenvalue weighted by Gasteiger charge is -2.20. The molecule has 0 saturated heterocycles. The molecule has 0 fully saturated rings. The number of aliphatic carboxylic acids is 7. The van der Waals surface area contributed by atoms with Gasteiger partial charge in [-0.1, -0.05) is 108 Å². The minimum Gasteiger partial charge on any atom is -0.481 e. The van der Waals surface area contributed by atoms with Crippen molar-refractivity contribution in [1.29, 1.82) is 0 Å². The van der Waals surface area contributed by atoms with Crippen LogP contribution in [-0.4, -0.2) is 180 Å². The Morgan fingerprint density at radius 1 is 0.354 bits per heavy atom. The number of carbonyl (C=O) groups excluding carboxylic acids is 2. The van der Waals surface area contributed by atoms with Gasteiger partial charge in [0.1, 0.15) is 11.6 Å². The predicted octanol–water partition coefficient (Wildman–Crippen LogP) is 11.3. The van der Waals surface area contributed by atoms with Gasteiger partial charge >= 0.3 is 41.8 Å². The molecule has 0 radical (unpaired) electrons. The number of hydrogen-bond acceptors (Lipinski definition) is 14. The number of ketones is 2. The highest BCUT2D eigenvalue weighted by molar-refractivity contribution is 7.63. The maximum Gasteiger partial charge on any atom is 0.307 e. The van der Waals surface area contributed by atoms with Crippen LogP contribution in [0.15, 0.2) is 0 Å². The Hall–Kier alpha value is -3.30. The van der Waals surface area contributed by atoms with Crippen molar-refractivity contribution in [3.63, 3.8) is 0 Å². The van der Waals surface area contributed by atoms with Crippen LogP contribution >= 0.6 is 36.2 Å². The van der Waals surface area contributed by atoms with Crippen LogP contribution in [0, 0.1) is 53.3 Å². The third-order valence-corrected chi connectivity index (χ3v) is 25.1. The zero-order valence-corrected chi connectivity index (χ0v) is 56.0. The zero-order valence-electron chi connectivity index (χ0n) is 51.5. The number of carboxylic acid groups (broad SMARTS) is 7. The summed E-state index contributed by atoms with van der Waals surface area (Å²) in [5, 5.41) is 60.8. The normalized spacial score (nSPS) is 18.0. The zero-order chi connectivity index (χ0) is 65.7. The van der Waals surface area contributed by atoms with E-state index in [0.29, 0.717) is 48.6 Å². The molecule has 0 saturated carbocycles. The molecular weight excluding hydrogens is 1170 g/mol. The average molecular weight is 1280 g/mol. The monoisotopic (exact) mass is 1280 g/mol. The SMILES string of the molecule is CC(=O)CCP(=O)(O)CC(CCC(=O)O)C(=O)O.CC(CP(=O)(O)CC(CCC(=O)O)C(=O)O)C(=O)O.CCCC(C)CP(C)(=O)CC(C)C(=O)O.CCCC(C)CP(C)(=O)CC(C)C(=O)O.CCCC(C)CP(C)(=O)CC(C)C(C)=O. The van der Waals surface area contributed by atoms with E-state index in [9.17, 15) is 75.8 Å². The molecule has 14 atom stereocenters. The Kier molecular flexibility index (Phi) is 47.1. The van der Waals surface area contributed by atoms with Crippen LogP contribution in [0.1, 0.15) is 154 Å². The highest BCUT2D eigenvalue weighted by Crippen LogP contribution is 2.48. The summed E-state index contributed by atoms with van der Waals surface area (Å²) in [4.78, 5) is 115. The second-order valence-corrected chi connectivity index (χ2v) is 38.1. The molecule has 0 rings (SSSR count). The summed E-state index contributed by atoms with van der Waals surface area (Å²) in [5.74, 6) is -11.2. The lowest BCUT2D eigenvalue weighted by atomic mass is 10.1. The summed E-state index contributed by atoms with van der Waals surface area (Å²) < 4.78 is 60.0. The van der Waals surface area contributed by atoms with Gasteiger partial charge in [0.05, 0.1) is 51.0 Å². The van der Waals surface area contributed by atoms with Crippen LogP contribution in [0.4, 0.5) is 0 Å². The van der Waals surface area contributed by atoms with Crippen molar-refractivity contribution >= 4 is 89.5 Å². The Balaban J connectivity index is -0.000000302. The summed E-state index contributed by atoms with van der Waals surface area (Å²) in [6.45, 7) is 27.2. The van der Waals surface area contributed by atoms with E-state index in [2.05, 4.69) is 41.5 Å². The fourth-order valence-electron chi connectivity index (χ4n) is 8.85. The summed E-state index contributed by atoms with van der Waals surface area (Å²) in [7, 11) is -14.3. The fourth-order valence-corrected chi connectivity index (χ4v) is 21.9. The van der Waals surface area contributed by atoms with E-state index >= 15 is 0 Å². The standard InChI is InChI=1S/C12H25O2P.2C11H23O3P.C10H17O8P.C10H17O7P/c1-6-7-10(2)8-15(5,14)9-11(3)12(4)13;2*1-5-6-9(2)7-15(4,14)8-10(3)11(12)13;1-6(9(13)14)4-19(17,18)5-7(10(15)16)2-3-8(11)12;1-7(11)4-5-18(16,17)6-8(10(14)15)2-3-9(12)13/h10-11H,6-9H2,1-5H3;2*9-10H,5-8H2,1-4H3,(H,12,13);6-7H,2-5H2,1H3,(H,11,12)(H,13,14)(H,15,16)(H,17,18);8H,2-6H2,1H3,(H,12,13)(H,14,15)(H,16,17). The molecule has 0 aliphatic rings. The minimum absolute atomic E-state index is 0.0466. The summed E-state index contributed by atoms with van der Waals surface area (Å²) >= 11 is 0. The van der Waals surface area contributed by atoms with E-state index in [-0.39, 0.29) is 49.3 Å². The maximum absolute atomic E-state index is 12.3. The van der Waals surface area contributed by atoms with Crippen LogP contribution in [0.2, 0.25) is 0 Å². The van der Waals surface area contributed by atoms with E-state index in [1.807, 2.05) is 13.6 Å². The highest BCUT2D eigenvalue weighted by atomic mass is 31.2. The topological polar surface area (TPSA) is 421 Å². The van der Waals surface area contributed by atoms with Gasteiger partial charge in [-0.3, -0.25) is 47.5 Å². The van der Waals surface area contributed by atoms with Gasteiger partial charge in [0, 0.05) is 86.8 Å². The van der Waals surface area contributed by atoms with Crippen molar-refractivity contribution in [1.82, 2.24) is 0 Å². The molecule has 0 amide bonds. The second-order valence-electron chi connectivity index (χ2n) is 23.2. The van der Waals surface area contributed by atoms with Crippen molar-refractivity contribution in [2.75, 3.05) is 81.6 Å². The lowest BCUT2D eigenvalue weighted by molar-refractivity contribution is -0.144. The van der Waals surface area contributed by atoms with Gasteiger partial charge in [-0.15, -0.1) is 0 Å². The smallest absolute Gasteiger partial charge is 0.307 e. The van der Waals surface area contributed by atoms with Crippen molar-refractivity contribution < 1.29 is 112 Å². The largest absolute Gasteiger partial charge is 0.481 e. The Morgan fingerprint density at radius 3 is 0.854 bits per heavy atom. The molecule has 0 bridgehead atoms. The average Bonchev–Trinajstić information content (AvgIpc) is 3.28. The van der Waals surface area contributed by atoms with E-state index < -0.39 is 132 Å². The molecule has 0 aliphatic carbocycles. The molecule has 9 N–H and O–H groups in total. The van der Waals surface area contributed by atoms with Gasteiger partial charge < -0.3 is 64.0 Å². The number of hydrogen-bond donors (Lipinski definition) is 9. The number of rotatable bonds is 39. The van der Waals surface area contributed by atoms with Crippen LogP contribution < -0.4 is 0 Å². The quantitative estimate of drug-likeness (QED) is 0.0258. The first-order chi connectivity index (χ1) is 37.0. The number of carbonyl (C=O) groups is 9. The van der Waals surface area contributed by atoms with Crippen molar-refractivity contribution in [2.24, 2.45) is 53.3 Å². The van der Waals surface area contributed by atoms with Gasteiger partial charge in [-0.2, -0.15) is 0 Å². The molecule has 28 heteroatoms. The highest BCUT2D eigenvalue weighted by Gasteiger charge is 2.33. The van der Waals surface area contributed by atoms with Gasteiger partial charge in [-0.25, -0.2) is 0 Å². The second kappa shape index (κ2) is 44.2. The number of Topliss-reactive ketones (excluding diaryl/α,β-unsaturated/α-hetero) is 2. The van der Waals surface area contributed by atoms with Crippen LogP contribution in [-0.2, 0) is 66.0 Å². The first kappa shape index (κ1) is 87.5. The molecule has 0 heterocycles. The Bertz CT molecular complexity index is 2110. The summed E-state index contributed by atoms with van der Waals surface area (Å²) in [5.41, 5.74) is 0. The molecule has 0 aromatic heterocycles. The van der Waals surface area contributed by atoms with E-state index in [1.54, 1.807) is 34.1 Å². The van der Waals surface area contributed by atoms with E-state index in [0.717, 1.165) is 44.7 Å².